The van der Waals surface area contributed by atoms with Crippen molar-refractivity contribution in [1.29, 1.82) is 0 Å². The number of hydrogen-bond donors (Lipinski definition) is 0. The van der Waals surface area contributed by atoms with Gasteiger partial charge in [-0.2, -0.15) is 0 Å². The van der Waals surface area contributed by atoms with Gasteiger partial charge in [0.25, 0.3) is 0 Å². The van der Waals surface area contributed by atoms with Gasteiger partial charge < -0.3 is 14.0 Å². The molecule has 0 bridgehead atoms. The summed E-state index contributed by atoms with van der Waals surface area (Å²) in [5, 5.41) is 0. The summed E-state index contributed by atoms with van der Waals surface area (Å²) in [6.07, 6.45) is 1.38. The zero-order chi connectivity index (χ0) is 12.8. The van der Waals surface area contributed by atoms with Crippen LogP contribution in [0.3, 0.4) is 0 Å². The molecule has 0 aromatic carbocycles. The predicted octanol–water partition coefficient (Wildman–Crippen LogP) is 2.26. The third kappa shape index (κ3) is 2.76. The molecule has 1 heterocycles. The van der Waals surface area contributed by atoms with Gasteiger partial charge in [0.1, 0.15) is 6.10 Å². The van der Waals surface area contributed by atoms with Crippen molar-refractivity contribution in [2.75, 3.05) is 28.3 Å². The lowest BCUT2D eigenvalue weighted by Crippen LogP contribution is -2.55. The maximum Gasteiger partial charge on any atom is 0.184 e. The lowest BCUT2D eigenvalue weighted by atomic mass is 9.76. The van der Waals surface area contributed by atoms with E-state index in [2.05, 4.69) is 48.8 Å². The minimum Gasteiger partial charge on any atom is -0.353 e. The Morgan fingerprint density at radius 2 is 1.62 bits per heavy atom. The number of rotatable bonds is 5. The third-order valence-corrected chi connectivity index (χ3v) is 4.16. The molecule has 3 heteroatoms. The molecule has 0 radical (unpaired) electrons. The number of ether oxygens (including phenoxy) is 2. The van der Waals surface area contributed by atoms with Crippen LogP contribution in [-0.2, 0) is 9.47 Å². The van der Waals surface area contributed by atoms with Crippen LogP contribution >= 0.6 is 0 Å². The fourth-order valence-corrected chi connectivity index (χ4v) is 2.28. The second-order valence-electron chi connectivity index (χ2n) is 7.15. The van der Waals surface area contributed by atoms with E-state index < -0.39 is 0 Å². The van der Waals surface area contributed by atoms with Crippen LogP contribution in [0.4, 0.5) is 0 Å². The summed E-state index contributed by atoms with van der Waals surface area (Å²) < 4.78 is 11.8. The van der Waals surface area contributed by atoms with Gasteiger partial charge in [-0.1, -0.05) is 13.8 Å². The molecule has 0 N–H and O–H groups in total. The van der Waals surface area contributed by atoms with Gasteiger partial charge in [-0.3, -0.25) is 0 Å². The molecular weight excluding hydrogens is 202 g/mol. The Labute approximate surface area is 100 Å². The van der Waals surface area contributed by atoms with Crippen LogP contribution in [0.1, 0.15) is 34.1 Å². The highest BCUT2D eigenvalue weighted by atomic mass is 16.8. The van der Waals surface area contributed by atoms with Crippen LogP contribution in [-0.4, -0.2) is 50.7 Å². The van der Waals surface area contributed by atoms with Gasteiger partial charge in [0.15, 0.2) is 6.29 Å². The second kappa shape index (κ2) is 3.97. The third-order valence-electron chi connectivity index (χ3n) is 4.16. The maximum absolute atomic E-state index is 5.56. The molecule has 96 valence electrons. The fourth-order valence-electron chi connectivity index (χ4n) is 2.28. The predicted molar refractivity (Wildman–Crippen MR) is 66.2 cm³/mol. The first kappa shape index (κ1) is 13.9. The van der Waals surface area contributed by atoms with Gasteiger partial charge in [-0.15, -0.1) is 0 Å². The van der Waals surface area contributed by atoms with Crippen molar-refractivity contribution in [3.05, 3.63) is 0 Å². The molecule has 3 nitrogen and oxygen atoms in total. The molecule has 2 atom stereocenters. The Kier molecular flexibility index (Phi) is 3.46. The summed E-state index contributed by atoms with van der Waals surface area (Å²) in [7, 11) is 8.46. The summed E-state index contributed by atoms with van der Waals surface area (Å²) in [6.45, 7) is 9.18. The Morgan fingerprint density at radius 3 is 1.94 bits per heavy atom. The molecule has 1 fully saturated rings. The smallest absolute Gasteiger partial charge is 0.184 e. The summed E-state index contributed by atoms with van der Waals surface area (Å²) in [5.74, 6) is 0. The van der Waals surface area contributed by atoms with E-state index in [1.807, 2.05) is 0 Å². The molecule has 2 unspecified atom stereocenters. The number of methoxy groups -OCH3 is 1. The lowest BCUT2D eigenvalue weighted by Gasteiger charge is -2.45. The van der Waals surface area contributed by atoms with E-state index in [-0.39, 0.29) is 23.3 Å². The van der Waals surface area contributed by atoms with Crippen molar-refractivity contribution in [1.82, 2.24) is 0 Å². The highest BCUT2D eigenvalue weighted by Gasteiger charge is 2.53. The van der Waals surface area contributed by atoms with E-state index >= 15 is 0 Å². The van der Waals surface area contributed by atoms with Gasteiger partial charge in [-0.05, 0) is 13.8 Å². The van der Waals surface area contributed by atoms with Crippen molar-refractivity contribution in [3.63, 3.8) is 0 Å². The zero-order valence-corrected chi connectivity index (χ0v) is 12.1. The quantitative estimate of drug-likeness (QED) is 0.534. The molecule has 0 spiro atoms. The van der Waals surface area contributed by atoms with Crippen molar-refractivity contribution in [2.45, 2.75) is 52.0 Å². The van der Waals surface area contributed by atoms with Crippen molar-refractivity contribution >= 4 is 0 Å². The molecular formula is C13H28NO2+. The zero-order valence-electron chi connectivity index (χ0n) is 12.1. The van der Waals surface area contributed by atoms with Gasteiger partial charge in [-0.25, -0.2) is 0 Å². The van der Waals surface area contributed by atoms with E-state index in [4.69, 9.17) is 9.47 Å². The summed E-state index contributed by atoms with van der Waals surface area (Å²) in [6, 6.07) is 0. The second-order valence-corrected chi connectivity index (χ2v) is 7.15. The average molecular weight is 230 g/mol. The van der Waals surface area contributed by atoms with E-state index in [0.29, 0.717) is 0 Å². The normalized spacial score (nSPS) is 27.0. The average Bonchev–Trinajstić information content (AvgIpc) is 2.77. The molecule has 0 aromatic rings. The summed E-state index contributed by atoms with van der Waals surface area (Å²) in [4.78, 5) is 0. The van der Waals surface area contributed by atoms with E-state index in [0.717, 1.165) is 10.9 Å². The Bertz CT molecular complexity index is 253. The van der Waals surface area contributed by atoms with Crippen LogP contribution in [0, 0.1) is 5.41 Å². The number of quaternary nitrogens is 1. The molecule has 0 saturated carbocycles. The minimum absolute atomic E-state index is 0.0123. The number of nitrogens with zero attached hydrogens (tertiary/aromatic N) is 1. The van der Waals surface area contributed by atoms with Crippen LogP contribution in [0.2, 0.25) is 0 Å². The first-order valence-electron chi connectivity index (χ1n) is 6.01. The monoisotopic (exact) mass is 230 g/mol. The molecule has 1 aliphatic heterocycles. The number of hydrogen-bond acceptors (Lipinski definition) is 2. The largest absolute Gasteiger partial charge is 0.353 e. The highest BCUT2D eigenvalue weighted by molar-refractivity contribution is 4.94. The minimum atomic E-state index is 0.0123. The molecule has 1 rings (SSSR count). The Morgan fingerprint density at radius 1 is 1.12 bits per heavy atom. The first-order valence-corrected chi connectivity index (χ1v) is 6.01. The van der Waals surface area contributed by atoms with Gasteiger partial charge in [0, 0.05) is 18.9 Å². The van der Waals surface area contributed by atoms with Crippen molar-refractivity contribution in [2.24, 2.45) is 5.41 Å². The molecule has 0 aliphatic carbocycles. The van der Waals surface area contributed by atoms with Crippen LogP contribution < -0.4 is 0 Å². The van der Waals surface area contributed by atoms with Crippen LogP contribution in [0.5, 0.6) is 0 Å². The summed E-state index contributed by atoms with van der Waals surface area (Å²) in [5.41, 5.74) is 0.392. The van der Waals surface area contributed by atoms with Gasteiger partial charge >= 0.3 is 0 Å². The van der Waals surface area contributed by atoms with Gasteiger partial charge in [0.05, 0.1) is 26.7 Å². The van der Waals surface area contributed by atoms with E-state index in [1.54, 1.807) is 7.11 Å². The molecule has 0 amide bonds. The van der Waals surface area contributed by atoms with E-state index in [1.165, 1.54) is 0 Å². The fraction of sp³-hybridized carbons (Fsp3) is 1.00. The maximum atomic E-state index is 5.56. The van der Waals surface area contributed by atoms with Crippen LogP contribution in [0.15, 0.2) is 0 Å². The molecule has 16 heavy (non-hydrogen) atoms. The standard InChI is InChI=1S/C13H28NO2/c1-12(2,10-11(15-8)16-10)9-13(3,4)14(5,6)7/h10-11H,9H2,1-8H3/q+1. The van der Waals surface area contributed by atoms with E-state index in [9.17, 15) is 0 Å². The Balaban J connectivity index is 2.66. The van der Waals surface area contributed by atoms with Crippen LogP contribution in [0.25, 0.3) is 0 Å². The SMILES string of the molecule is COC1OC1C(C)(C)CC(C)(C)[N+](C)(C)C. The van der Waals surface area contributed by atoms with Crippen molar-refractivity contribution in [3.8, 4) is 0 Å². The first-order chi connectivity index (χ1) is 7.01. The lowest BCUT2D eigenvalue weighted by molar-refractivity contribution is -0.921. The molecule has 1 saturated heterocycles. The molecule has 1 aliphatic rings. The Hall–Kier alpha value is -0.120. The van der Waals surface area contributed by atoms with Gasteiger partial charge in [0.2, 0.25) is 0 Å². The van der Waals surface area contributed by atoms with Crippen molar-refractivity contribution < 1.29 is 14.0 Å². The number of epoxide rings is 1. The molecule has 0 aromatic heterocycles. The summed E-state index contributed by atoms with van der Waals surface area (Å²) >= 11 is 0. The topological polar surface area (TPSA) is 21.8 Å². The highest BCUT2D eigenvalue weighted by Crippen LogP contribution is 2.45.